The molecular formula is C28H25ClF2N6O2. The van der Waals surface area contributed by atoms with E-state index in [0.29, 0.717) is 25.1 Å². The van der Waals surface area contributed by atoms with Gasteiger partial charge in [0.15, 0.2) is 0 Å². The van der Waals surface area contributed by atoms with Crippen molar-refractivity contribution in [1.82, 2.24) is 29.4 Å². The Morgan fingerprint density at radius 1 is 1.08 bits per heavy atom. The van der Waals surface area contributed by atoms with Gasteiger partial charge >= 0.3 is 5.69 Å². The van der Waals surface area contributed by atoms with Gasteiger partial charge in [0.2, 0.25) is 0 Å². The van der Waals surface area contributed by atoms with Gasteiger partial charge < -0.3 is 10.3 Å². The molecule has 0 unspecified atom stereocenters. The van der Waals surface area contributed by atoms with Crippen LogP contribution in [0.15, 0.2) is 65.8 Å². The van der Waals surface area contributed by atoms with Crippen molar-refractivity contribution in [3.8, 4) is 5.69 Å². The number of nitrogens with one attached hydrogen (secondary N) is 2. The first-order valence-electron chi connectivity index (χ1n) is 12.8. The Balaban J connectivity index is 1.19. The van der Waals surface area contributed by atoms with Crippen LogP contribution in [0.3, 0.4) is 0 Å². The third-order valence-electron chi connectivity index (χ3n) is 7.44. The summed E-state index contributed by atoms with van der Waals surface area (Å²) in [5.74, 6) is -0.374. The van der Waals surface area contributed by atoms with Gasteiger partial charge in [-0.3, -0.25) is 18.9 Å². The number of para-hydroxylation sites is 2. The number of hydrogen-bond donors (Lipinski definition) is 2. The van der Waals surface area contributed by atoms with E-state index in [-0.39, 0.29) is 28.2 Å². The summed E-state index contributed by atoms with van der Waals surface area (Å²) < 4.78 is 30.2. The van der Waals surface area contributed by atoms with Crippen LogP contribution in [0.2, 0.25) is 5.02 Å². The van der Waals surface area contributed by atoms with Crippen molar-refractivity contribution >= 4 is 39.6 Å². The zero-order valence-corrected chi connectivity index (χ0v) is 21.5. The predicted octanol–water partition coefficient (Wildman–Crippen LogP) is 5.64. The molecule has 200 valence electrons. The number of alkyl halides is 2. The number of pyridine rings is 2. The Morgan fingerprint density at radius 2 is 1.85 bits per heavy atom. The van der Waals surface area contributed by atoms with Gasteiger partial charge in [-0.2, -0.15) is 0 Å². The lowest BCUT2D eigenvalue weighted by Gasteiger charge is -2.29. The van der Waals surface area contributed by atoms with E-state index >= 15 is 0 Å². The molecule has 4 heterocycles. The molecule has 8 nitrogen and oxygen atoms in total. The Morgan fingerprint density at radius 3 is 2.62 bits per heavy atom. The summed E-state index contributed by atoms with van der Waals surface area (Å²) in [6, 6.07) is 12.6. The van der Waals surface area contributed by atoms with Gasteiger partial charge in [0.1, 0.15) is 11.3 Å². The number of nitrogens with zero attached hydrogens (tertiary/aromatic N) is 4. The van der Waals surface area contributed by atoms with E-state index in [9.17, 15) is 18.4 Å². The van der Waals surface area contributed by atoms with E-state index in [0.717, 1.165) is 41.1 Å². The number of carbonyl (C=O) groups is 1. The fourth-order valence-electron chi connectivity index (χ4n) is 5.50. The number of benzene rings is 1. The average molecular weight is 551 g/mol. The van der Waals surface area contributed by atoms with Crippen LogP contribution in [0.5, 0.6) is 0 Å². The van der Waals surface area contributed by atoms with Crippen LogP contribution < -0.4 is 11.0 Å². The second kappa shape index (κ2) is 10.3. The van der Waals surface area contributed by atoms with Crippen molar-refractivity contribution in [2.45, 2.75) is 44.7 Å². The van der Waals surface area contributed by atoms with Crippen LogP contribution in [0.25, 0.3) is 27.8 Å². The highest BCUT2D eigenvalue weighted by Gasteiger charge is 2.27. The summed E-state index contributed by atoms with van der Waals surface area (Å²) in [6.45, 7) is 0.542. The SMILES string of the molecule is O=C(N[C@H]1CC[C@H](Cn2c(=O)n(-c3cnc4[nH]ccc4c3)c3ccccc32)CC1)c1cc(Cl)cnc1C(F)F. The highest BCUT2D eigenvalue weighted by atomic mass is 35.5. The van der Waals surface area contributed by atoms with Crippen molar-refractivity contribution in [2.24, 2.45) is 5.92 Å². The molecule has 0 saturated heterocycles. The molecular weight excluding hydrogens is 526 g/mol. The molecule has 0 bridgehead atoms. The minimum absolute atomic E-state index is 0.127. The zero-order valence-electron chi connectivity index (χ0n) is 20.8. The Bertz CT molecular complexity index is 1740. The topological polar surface area (TPSA) is 97.6 Å². The smallest absolute Gasteiger partial charge is 0.333 e. The molecule has 11 heteroatoms. The van der Waals surface area contributed by atoms with E-state index in [4.69, 9.17) is 11.6 Å². The van der Waals surface area contributed by atoms with Crippen molar-refractivity contribution in [3.05, 3.63) is 87.8 Å². The van der Waals surface area contributed by atoms with Crippen LogP contribution in [0.4, 0.5) is 8.78 Å². The van der Waals surface area contributed by atoms with Crippen molar-refractivity contribution in [2.75, 3.05) is 0 Å². The molecule has 4 aromatic heterocycles. The number of fused-ring (bicyclic) bond motifs is 2. The molecule has 2 N–H and O–H groups in total. The molecule has 0 aliphatic heterocycles. The third kappa shape index (κ3) is 4.80. The Hall–Kier alpha value is -4.05. The average Bonchev–Trinajstić information content (AvgIpc) is 3.51. The number of H-pyrrole nitrogens is 1. The van der Waals surface area contributed by atoms with Gasteiger partial charge in [0.05, 0.1) is 33.5 Å². The van der Waals surface area contributed by atoms with Gasteiger partial charge in [0.25, 0.3) is 12.3 Å². The van der Waals surface area contributed by atoms with Gasteiger partial charge in [-0.25, -0.2) is 18.6 Å². The predicted molar refractivity (Wildman–Crippen MR) is 145 cm³/mol. The number of rotatable bonds is 6. The minimum atomic E-state index is -2.88. The maximum atomic E-state index is 13.7. The first-order chi connectivity index (χ1) is 18.9. The van der Waals surface area contributed by atoms with Gasteiger partial charge in [0, 0.05) is 30.4 Å². The molecule has 0 atom stereocenters. The molecule has 6 rings (SSSR count). The number of imidazole rings is 1. The molecule has 1 amide bonds. The van der Waals surface area contributed by atoms with Gasteiger partial charge in [-0.05, 0) is 61.9 Å². The largest absolute Gasteiger partial charge is 0.349 e. The Kier molecular flexibility index (Phi) is 6.64. The first kappa shape index (κ1) is 25.2. The van der Waals surface area contributed by atoms with Crippen LogP contribution in [-0.4, -0.2) is 36.0 Å². The number of hydrogen-bond acceptors (Lipinski definition) is 4. The number of amides is 1. The second-order valence-electron chi connectivity index (χ2n) is 9.90. The summed E-state index contributed by atoms with van der Waals surface area (Å²) in [5.41, 5.74) is 2.21. The van der Waals surface area contributed by atoms with Crippen LogP contribution in [-0.2, 0) is 6.54 Å². The second-order valence-corrected chi connectivity index (χ2v) is 10.3. The number of aromatic nitrogens is 5. The minimum Gasteiger partial charge on any atom is -0.349 e. The van der Waals surface area contributed by atoms with Crippen LogP contribution >= 0.6 is 11.6 Å². The monoisotopic (exact) mass is 550 g/mol. The molecule has 39 heavy (non-hydrogen) atoms. The molecule has 0 spiro atoms. The standard InChI is InChI=1S/C28H25ClF2N6O2/c29-18-12-21(24(25(30)31)33-13-18)27(38)35-19-7-5-16(6-8-19)15-36-22-3-1-2-4-23(22)37(28(36)39)20-11-17-9-10-32-26(17)34-14-20/h1-4,9-14,16,19,25H,5-8,15H2,(H,32,34)(H,35,38)/t16-,19-. The van der Waals surface area contributed by atoms with Gasteiger partial charge in [-0.1, -0.05) is 23.7 Å². The van der Waals surface area contributed by atoms with E-state index in [1.165, 1.54) is 6.07 Å². The first-order valence-corrected chi connectivity index (χ1v) is 13.1. The molecule has 1 aliphatic carbocycles. The van der Waals surface area contributed by atoms with Crippen LogP contribution in [0.1, 0.15) is 48.2 Å². The highest BCUT2D eigenvalue weighted by molar-refractivity contribution is 6.30. The van der Waals surface area contributed by atoms with Crippen molar-refractivity contribution in [1.29, 1.82) is 0 Å². The van der Waals surface area contributed by atoms with Crippen LogP contribution in [0, 0.1) is 5.92 Å². The Labute approximate surface area is 226 Å². The maximum Gasteiger partial charge on any atom is 0.333 e. The molecule has 1 aromatic carbocycles. The summed E-state index contributed by atoms with van der Waals surface area (Å²) in [7, 11) is 0. The molecule has 1 fully saturated rings. The van der Waals surface area contributed by atoms with Crippen molar-refractivity contribution < 1.29 is 13.6 Å². The normalized spacial score (nSPS) is 17.7. The molecule has 1 saturated carbocycles. The summed E-state index contributed by atoms with van der Waals surface area (Å²) in [5, 5.41) is 3.92. The highest BCUT2D eigenvalue weighted by Crippen LogP contribution is 2.29. The fourth-order valence-corrected chi connectivity index (χ4v) is 5.66. The molecule has 1 aliphatic rings. The number of halogens is 3. The van der Waals surface area contributed by atoms with E-state index in [1.54, 1.807) is 10.8 Å². The quantitative estimate of drug-likeness (QED) is 0.286. The number of carbonyl (C=O) groups excluding carboxylic acids is 1. The van der Waals surface area contributed by atoms with E-state index < -0.39 is 18.0 Å². The molecule has 0 radical (unpaired) electrons. The zero-order chi connectivity index (χ0) is 27.1. The van der Waals surface area contributed by atoms with E-state index in [2.05, 4.69) is 20.3 Å². The summed E-state index contributed by atoms with van der Waals surface area (Å²) in [4.78, 5) is 37.6. The van der Waals surface area contributed by atoms with Crippen molar-refractivity contribution in [3.63, 3.8) is 0 Å². The summed E-state index contributed by atoms with van der Waals surface area (Å²) >= 11 is 5.90. The lowest BCUT2D eigenvalue weighted by atomic mass is 9.85. The fraction of sp³-hybridized carbons (Fsp3) is 0.286. The maximum absolute atomic E-state index is 13.7. The lowest BCUT2D eigenvalue weighted by Crippen LogP contribution is -2.39. The molecule has 5 aromatic rings. The van der Waals surface area contributed by atoms with Gasteiger partial charge in [-0.15, -0.1) is 0 Å². The lowest BCUT2D eigenvalue weighted by molar-refractivity contribution is 0.0904. The third-order valence-corrected chi connectivity index (χ3v) is 7.65. The number of aromatic amines is 1. The summed E-state index contributed by atoms with van der Waals surface area (Å²) in [6.07, 6.45) is 4.66. The van der Waals surface area contributed by atoms with E-state index in [1.807, 2.05) is 47.2 Å².